The Balaban J connectivity index is 1.82. The number of benzene rings is 1. The number of hydrogen-bond acceptors (Lipinski definition) is 3. The first-order chi connectivity index (χ1) is 14.3. The maximum Gasteiger partial charge on any atom is 0.416 e. The molecular formula is C22H22F3N3O2. The van der Waals surface area contributed by atoms with Gasteiger partial charge in [0.25, 0.3) is 0 Å². The highest BCUT2D eigenvalue weighted by Gasteiger charge is 2.34. The zero-order chi connectivity index (χ0) is 21.5. The van der Waals surface area contributed by atoms with Crippen molar-refractivity contribution in [1.29, 1.82) is 0 Å². The number of nitrogens with zero attached hydrogens (tertiary/aromatic N) is 3. The zero-order valence-corrected chi connectivity index (χ0v) is 16.7. The summed E-state index contributed by atoms with van der Waals surface area (Å²) >= 11 is 0. The van der Waals surface area contributed by atoms with Gasteiger partial charge in [-0.25, -0.2) is 0 Å². The number of halogens is 3. The summed E-state index contributed by atoms with van der Waals surface area (Å²) in [5, 5.41) is 0.836. The third-order valence-corrected chi connectivity index (χ3v) is 5.37. The number of hydrogen-bond donors (Lipinski definition) is 0. The van der Waals surface area contributed by atoms with E-state index in [1.54, 1.807) is 21.7 Å². The third-order valence-electron chi connectivity index (χ3n) is 5.37. The fraction of sp³-hybridized carbons (Fsp3) is 0.364. The lowest BCUT2D eigenvalue weighted by Crippen LogP contribution is -2.32. The number of pyridine rings is 1. The highest BCUT2D eigenvalue weighted by Crippen LogP contribution is 2.35. The Morgan fingerprint density at radius 1 is 1.23 bits per heavy atom. The molecule has 0 atom stereocenters. The second-order valence-electron chi connectivity index (χ2n) is 7.42. The standard InChI is InChI=1S/C22H22F3N3O2/c1-3-27(21(29)15-4-5-15)13-16-12-17(22(23,24)25)7-8-18(16)28-11-10-14-6-9-19(30-2)26-20(14)28/h6-12,15H,3-5,13H2,1-2H3. The molecule has 2 aromatic heterocycles. The second kappa shape index (κ2) is 7.66. The van der Waals surface area contributed by atoms with Crippen molar-refractivity contribution in [3.63, 3.8) is 0 Å². The molecule has 2 heterocycles. The third kappa shape index (κ3) is 3.86. The predicted octanol–water partition coefficient (Wildman–Crippen LogP) is 4.81. The van der Waals surface area contributed by atoms with Crippen molar-refractivity contribution >= 4 is 16.9 Å². The van der Waals surface area contributed by atoms with Crippen molar-refractivity contribution in [2.24, 2.45) is 5.92 Å². The van der Waals surface area contributed by atoms with Crippen LogP contribution in [0, 0.1) is 5.92 Å². The molecule has 30 heavy (non-hydrogen) atoms. The van der Waals surface area contributed by atoms with Crippen LogP contribution < -0.4 is 4.74 Å². The highest BCUT2D eigenvalue weighted by molar-refractivity contribution is 5.81. The molecule has 5 nitrogen and oxygen atoms in total. The first-order valence-corrected chi connectivity index (χ1v) is 9.83. The van der Waals surface area contributed by atoms with E-state index in [9.17, 15) is 18.0 Å². The van der Waals surface area contributed by atoms with Crippen LogP contribution in [0.5, 0.6) is 5.88 Å². The van der Waals surface area contributed by atoms with Crippen LogP contribution in [-0.4, -0.2) is 34.0 Å². The Morgan fingerprint density at radius 2 is 2.00 bits per heavy atom. The summed E-state index contributed by atoms with van der Waals surface area (Å²) in [4.78, 5) is 18.7. The molecule has 4 rings (SSSR count). The Kier molecular flexibility index (Phi) is 5.17. The number of alkyl halides is 3. The van der Waals surface area contributed by atoms with Crippen molar-refractivity contribution in [3.05, 3.63) is 53.7 Å². The molecular weight excluding hydrogens is 395 g/mol. The van der Waals surface area contributed by atoms with E-state index < -0.39 is 11.7 Å². The van der Waals surface area contributed by atoms with Gasteiger partial charge in [-0.15, -0.1) is 0 Å². The summed E-state index contributed by atoms with van der Waals surface area (Å²) in [5.74, 6) is 0.408. The first kappa shape index (κ1) is 20.3. The largest absolute Gasteiger partial charge is 0.481 e. The molecule has 1 amide bonds. The van der Waals surface area contributed by atoms with Gasteiger partial charge in [-0.05, 0) is 55.7 Å². The van der Waals surface area contributed by atoms with Crippen LogP contribution in [0.25, 0.3) is 16.7 Å². The summed E-state index contributed by atoms with van der Waals surface area (Å²) in [5.41, 5.74) is 0.814. The molecule has 0 unspecified atom stereocenters. The van der Waals surface area contributed by atoms with Crippen molar-refractivity contribution in [1.82, 2.24) is 14.5 Å². The van der Waals surface area contributed by atoms with Crippen LogP contribution >= 0.6 is 0 Å². The zero-order valence-electron chi connectivity index (χ0n) is 16.7. The molecule has 1 aliphatic rings. The molecule has 0 radical (unpaired) electrons. The SMILES string of the molecule is CCN(Cc1cc(C(F)(F)F)ccc1-n1ccc2ccc(OC)nc21)C(=O)C1CC1. The smallest absolute Gasteiger partial charge is 0.416 e. The molecule has 0 spiro atoms. The minimum Gasteiger partial charge on any atom is -0.481 e. The van der Waals surface area contributed by atoms with Crippen LogP contribution in [-0.2, 0) is 17.5 Å². The summed E-state index contributed by atoms with van der Waals surface area (Å²) in [6.45, 7) is 2.38. The summed E-state index contributed by atoms with van der Waals surface area (Å²) in [6, 6.07) is 9.04. The molecule has 1 fully saturated rings. The number of carbonyl (C=O) groups is 1. The van der Waals surface area contributed by atoms with Gasteiger partial charge in [-0.3, -0.25) is 4.79 Å². The Hall–Kier alpha value is -3.03. The highest BCUT2D eigenvalue weighted by atomic mass is 19.4. The molecule has 0 bridgehead atoms. The maximum atomic E-state index is 13.4. The first-order valence-electron chi connectivity index (χ1n) is 9.83. The van der Waals surface area contributed by atoms with Gasteiger partial charge in [0.2, 0.25) is 11.8 Å². The molecule has 3 aromatic rings. The average molecular weight is 417 g/mol. The number of ether oxygens (including phenoxy) is 1. The molecule has 1 aromatic carbocycles. The molecule has 0 aliphatic heterocycles. The lowest BCUT2D eigenvalue weighted by atomic mass is 10.1. The van der Waals surface area contributed by atoms with Crippen LogP contribution in [0.3, 0.4) is 0 Å². The molecule has 1 aliphatic carbocycles. The van der Waals surface area contributed by atoms with Gasteiger partial charge in [0.1, 0.15) is 5.65 Å². The van der Waals surface area contributed by atoms with E-state index in [0.29, 0.717) is 29.3 Å². The van der Waals surface area contributed by atoms with Gasteiger partial charge >= 0.3 is 6.18 Å². The normalized spacial score (nSPS) is 14.2. The predicted molar refractivity (Wildman–Crippen MR) is 106 cm³/mol. The molecule has 0 saturated heterocycles. The van der Waals surface area contributed by atoms with E-state index in [-0.39, 0.29) is 18.4 Å². The van der Waals surface area contributed by atoms with E-state index in [1.807, 2.05) is 19.1 Å². The maximum absolute atomic E-state index is 13.4. The number of fused-ring (bicyclic) bond motifs is 1. The summed E-state index contributed by atoms with van der Waals surface area (Å²) in [7, 11) is 1.51. The Bertz CT molecular complexity index is 1090. The Labute approximate surface area is 172 Å². The fourth-order valence-corrected chi connectivity index (χ4v) is 3.56. The van der Waals surface area contributed by atoms with E-state index in [2.05, 4.69) is 4.98 Å². The van der Waals surface area contributed by atoms with Gasteiger partial charge in [-0.1, -0.05) is 0 Å². The van der Waals surface area contributed by atoms with E-state index >= 15 is 0 Å². The minimum absolute atomic E-state index is 0.00183. The van der Waals surface area contributed by atoms with Crippen molar-refractivity contribution in [3.8, 4) is 11.6 Å². The molecule has 8 heteroatoms. The number of amides is 1. The summed E-state index contributed by atoms with van der Waals surface area (Å²) in [6.07, 6.45) is -1.01. The minimum atomic E-state index is -4.47. The van der Waals surface area contributed by atoms with Gasteiger partial charge < -0.3 is 14.2 Å². The van der Waals surface area contributed by atoms with E-state index in [1.165, 1.54) is 13.2 Å². The topological polar surface area (TPSA) is 47.4 Å². The van der Waals surface area contributed by atoms with Gasteiger partial charge in [0, 0.05) is 36.7 Å². The number of aromatic nitrogens is 2. The van der Waals surface area contributed by atoms with Gasteiger partial charge in [0.05, 0.1) is 18.4 Å². The van der Waals surface area contributed by atoms with Crippen LogP contribution in [0.2, 0.25) is 0 Å². The number of carbonyl (C=O) groups excluding carboxylic acids is 1. The monoisotopic (exact) mass is 417 g/mol. The van der Waals surface area contributed by atoms with E-state index in [4.69, 9.17) is 4.74 Å². The molecule has 0 N–H and O–H groups in total. The van der Waals surface area contributed by atoms with Crippen LogP contribution in [0.1, 0.15) is 30.9 Å². The van der Waals surface area contributed by atoms with E-state index in [0.717, 1.165) is 30.4 Å². The van der Waals surface area contributed by atoms with Crippen LogP contribution in [0.4, 0.5) is 13.2 Å². The molecule has 1 saturated carbocycles. The van der Waals surface area contributed by atoms with Crippen LogP contribution in [0.15, 0.2) is 42.6 Å². The lowest BCUT2D eigenvalue weighted by Gasteiger charge is -2.24. The summed E-state index contributed by atoms with van der Waals surface area (Å²) < 4.78 is 47.1. The molecule has 158 valence electrons. The van der Waals surface area contributed by atoms with Gasteiger partial charge in [-0.2, -0.15) is 18.2 Å². The Morgan fingerprint density at radius 3 is 2.63 bits per heavy atom. The van der Waals surface area contributed by atoms with Crippen molar-refractivity contribution in [2.75, 3.05) is 13.7 Å². The van der Waals surface area contributed by atoms with Crippen molar-refractivity contribution < 1.29 is 22.7 Å². The quantitative estimate of drug-likeness (QED) is 0.578. The van der Waals surface area contributed by atoms with Gasteiger partial charge in [0.15, 0.2) is 0 Å². The number of rotatable bonds is 6. The second-order valence-corrected chi connectivity index (χ2v) is 7.42. The average Bonchev–Trinajstić information content (AvgIpc) is 3.50. The lowest BCUT2D eigenvalue weighted by molar-refractivity contribution is -0.137. The van der Waals surface area contributed by atoms with Crippen molar-refractivity contribution in [2.45, 2.75) is 32.5 Å². The fourth-order valence-electron chi connectivity index (χ4n) is 3.56. The number of methoxy groups -OCH3 is 1.